The van der Waals surface area contributed by atoms with E-state index in [-0.39, 0.29) is 11.5 Å². The number of nitrogens with one attached hydrogen (secondary N) is 2. The number of carbonyl (C=O) groups excluding carboxylic acids is 2. The third-order valence-corrected chi connectivity index (χ3v) is 5.19. The van der Waals surface area contributed by atoms with Crippen LogP contribution in [0, 0.1) is 23.4 Å². The highest BCUT2D eigenvalue weighted by atomic mass is 19.2. The maximum absolute atomic E-state index is 13.5. The summed E-state index contributed by atoms with van der Waals surface area (Å²) in [6.45, 7) is 0. The Labute approximate surface area is 165 Å². The van der Waals surface area contributed by atoms with Crippen LogP contribution in [0.4, 0.5) is 13.2 Å². The Hall–Kier alpha value is -2.87. The molecule has 2 aromatic rings. The van der Waals surface area contributed by atoms with E-state index < -0.39 is 29.4 Å². The Kier molecular flexibility index (Phi) is 6.53. The fourth-order valence-electron chi connectivity index (χ4n) is 3.65. The molecule has 0 unspecified atom stereocenters. The smallest absolute Gasteiger partial charge is 0.270 e. The average Bonchev–Trinajstić information content (AvgIpc) is 3.22. The molecule has 0 aliphatic heterocycles. The number of amides is 2. The van der Waals surface area contributed by atoms with Crippen molar-refractivity contribution in [1.82, 2.24) is 10.8 Å². The Morgan fingerprint density at radius 3 is 2.14 bits per heavy atom. The average molecular weight is 406 g/mol. The molecule has 1 fully saturated rings. The van der Waals surface area contributed by atoms with Gasteiger partial charge in [-0.1, -0.05) is 37.1 Å². The summed E-state index contributed by atoms with van der Waals surface area (Å²) in [6.07, 6.45) is 4.43. The normalized spacial score (nSPS) is 15.2. The third-order valence-electron chi connectivity index (χ3n) is 5.19. The number of rotatable bonds is 6. The fraction of sp³-hybridized carbons (Fsp3) is 0.333. The zero-order valence-electron chi connectivity index (χ0n) is 15.6. The van der Waals surface area contributed by atoms with Crippen LogP contribution in [0.2, 0.25) is 0 Å². The lowest BCUT2D eigenvalue weighted by Gasteiger charge is -2.19. The van der Waals surface area contributed by atoms with Crippen molar-refractivity contribution in [3.63, 3.8) is 0 Å². The van der Waals surface area contributed by atoms with Crippen LogP contribution in [0.5, 0.6) is 0 Å². The van der Waals surface area contributed by atoms with Crippen LogP contribution in [0.15, 0.2) is 36.4 Å². The largest absolute Gasteiger partial charge is 0.340 e. The van der Waals surface area contributed by atoms with Gasteiger partial charge in [-0.2, -0.15) is 0 Å². The molecule has 1 aliphatic carbocycles. The zero-order valence-corrected chi connectivity index (χ0v) is 15.6. The molecule has 154 valence electrons. The van der Waals surface area contributed by atoms with Gasteiger partial charge in [-0.3, -0.25) is 14.8 Å². The molecule has 2 amide bonds. The summed E-state index contributed by atoms with van der Waals surface area (Å²) in [6, 6.07) is 6.58. The van der Waals surface area contributed by atoms with E-state index in [1.807, 2.05) is 0 Å². The van der Waals surface area contributed by atoms with Crippen molar-refractivity contribution in [2.75, 3.05) is 0 Å². The molecule has 0 saturated heterocycles. The lowest BCUT2D eigenvalue weighted by atomic mass is 9.99. The van der Waals surface area contributed by atoms with E-state index in [4.69, 9.17) is 5.21 Å². The van der Waals surface area contributed by atoms with Gasteiger partial charge < -0.3 is 5.32 Å². The first-order valence-corrected chi connectivity index (χ1v) is 9.37. The number of halogens is 3. The maximum atomic E-state index is 13.5. The molecule has 0 spiro atoms. The fourth-order valence-corrected chi connectivity index (χ4v) is 3.65. The van der Waals surface area contributed by atoms with E-state index in [1.54, 1.807) is 0 Å². The number of hydrogen-bond donors (Lipinski definition) is 3. The highest BCUT2D eigenvalue weighted by molar-refractivity contribution is 5.88. The predicted molar refractivity (Wildman–Crippen MR) is 99.1 cm³/mol. The summed E-state index contributed by atoms with van der Waals surface area (Å²) in [5.74, 6) is -4.97. The third kappa shape index (κ3) is 4.95. The van der Waals surface area contributed by atoms with Crippen molar-refractivity contribution in [3.8, 4) is 11.1 Å². The van der Waals surface area contributed by atoms with Crippen LogP contribution in [0.25, 0.3) is 11.1 Å². The Morgan fingerprint density at radius 1 is 1.00 bits per heavy atom. The Balaban J connectivity index is 1.78. The van der Waals surface area contributed by atoms with Crippen molar-refractivity contribution in [1.29, 1.82) is 0 Å². The Morgan fingerprint density at radius 2 is 1.59 bits per heavy atom. The van der Waals surface area contributed by atoms with E-state index >= 15 is 0 Å². The van der Waals surface area contributed by atoms with Crippen LogP contribution in [-0.2, 0) is 9.59 Å². The molecule has 0 radical (unpaired) electrons. The molecular weight excluding hydrogens is 385 g/mol. The number of benzene rings is 2. The zero-order chi connectivity index (χ0) is 21.0. The van der Waals surface area contributed by atoms with Crippen LogP contribution in [0.3, 0.4) is 0 Å². The topological polar surface area (TPSA) is 78.4 Å². The van der Waals surface area contributed by atoms with Crippen molar-refractivity contribution < 1.29 is 28.0 Å². The van der Waals surface area contributed by atoms with Crippen LogP contribution >= 0.6 is 0 Å². The molecule has 1 saturated carbocycles. The van der Waals surface area contributed by atoms with E-state index in [1.165, 1.54) is 29.7 Å². The van der Waals surface area contributed by atoms with E-state index in [0.29, 0.717) is 23.5 Å². The minimum atomic E-state index is -1.55. The second-order valence-electron chi connectivity index (χ2n) is 7.21. The lowest BCUT2D eigenvalue weighted by molar-refractivity contribution is -0.135. The van der Waals surface area contributed by atoms with Gasteiger partial charge in [0.05, 0.1) is 0 Å². The molecule has 1 atom stereocenters. The second-order valence-corrected chi connectivity index (χ2v) is 7.21. The molecule has 0 aromatic heterocycles. The summed E-state index contributed by atoms with van der Waals surface area (Å²) < 4.78 is 40.0. The van der Waals surface area contributed by atoms with Crippen molar-refractivity contribution in [3.05, 3.63) is 59.4 Å². The molecule has 3 N–H and O–H groups in total. The molecule has 0 bridgehead atoms. The molecule has 0 heterocycles. The molecule has 8 heteroatoms. The van der Waals surface area contributed by atoms with E-state index in [2.05, 4.69) is 5.32 Å². The van der Waals surface area contributed by atoms with Gasteiger partial charge in [0.25, 0.3) is 5.91 Å². The maximum Gasteiger partial charge on any atom is 0.270 e. The summed E-state index contributed by atoms with van der Waals surface area (Å²) in [5.41, 5.74) is 2.44. The van der Waals surface area contributed by atoms with Gasteiger partial charge in [-0.15, -0.1) is 0 Å². The minimum Gasteiger partial charge on any atom is -0.340 e. The van der Waals surface area contributed by atoms with E-state index in [9.17, 15) is 22.8 Å². The second kappa shape index (κ2) is 9.09. The van der Waals surface area contributed by atoms with Gasteiger partial charge >= 0.3 is 0 Å². The van der Waals surface area contributed by atoms with E-state index in [0.717, 1.165) is 37.8 Å². The first kappa shape index (κ1) is 20.9. The van der Waals surface area contributed by atoms with Crippen LogP contribution in [0.1, 0.15) is 43.7 Å². The molecule has 1 aliphatic rings. The molecule has 5 nitrogen and oxygen atoms in total. The van der Waals surface area contributed by atoms with Gasteiger partial charge in [0.2, 0.25) is 5.91 Å². The molecular formula is C21H21F3N2O3. The van der Waals surface area contributed by atoms with Crippen LogP contribution in [-0.4, -0.2) is 17.0 Å². The van der Waals surface area contributed by atoms with Gasteiger partial charge in [0, 0.05) is 6.42 Å². The first-order chi connectivity index (χ1) is 13.9. The summed E-state index contributed by atoms with van der Waals surface area (Å²) in [7, 11) is 0. The molecule has 29 heavy (non-hydrogen) atoms. The highest BCUT2D eigenvalue weighted by Gasteiger charge is 2.25. The summed E-state index contributed by atoms with van der Waals surface area (Å²) in [5, 5.41) is 11.6. The molecule has 2 aromatic carbocycles. The lowest BCUT2D eigenvalue weighted by Crippen LogP contribution is -2.39. The minimum absolute atomic E-state index is 0.126. The Bertz CT molecular complexity index is 874. The van der Waals surface area contributed by atoms with Crippen molar-refractivity contribution in [2.24, 2.45) is 5.92 Å². The SMILES string of the molecule is O=C(CC1CCCC1)N[C@@H](C(=O)NO)c1ccc(-c2cc(F)c(F)c(F)c2)cc1. The standard InChI is InChI=1S/C21H21F3N2O3/c22-16-10-15(11-17(23)19(16)24)13-5-7-14(8-6-13)20(21(28)26-29)25-18(27)9-12-3-1-2-4-12/h5-8,10-12,20,29H,1-4,9H2,(H,25,27)(H,26,28)/t20-/m1/s1. The number of carbonyl (C=O) groups is 2. The highest BCUT2D eigenvalue weighted by Crippen LogP contribution is 2.28. The first-order valence-electron chi connectivity index (χ1n) is 9.37. The van der Waals surface area contributed by atoms with Crippen molar-refractivity contribution in [2.45, 2.75) is 38.1 Å². The molecule has 3 rings (SSSR count). The van der Waals surface area contributed by atoms with Crippen molar-refractivity contribution >= 4 is 11.8 Å². The summed E-state index contributed by atoms with van der Waals surface area (Å²) >= 11 is 0. The number of hydroxylamine groups is 1. The quantitative estimate of drug-likeness (QED) is 0.385. The van der Waals surface area contributed by atoms with Gasteiger partial charge in [0.15, 0.2) is 17.5 Å². The number of hydrogen-bond acceptors (Lipinski definition) is 3. The predicted octanol–water partition coefficient (Wildman–Crippen LogP) is 4.01. The van der Waals surface area contributed by atoms with Crippen LogP contribution < -0.4 is 10.8 Å². The van der Waals surface area contributed by atoms with Gasteiger partial charge in [0.1, 0.15) is 6.04 Å². The van der Waals surface area contributed by atoms with Gasteiger partial charge in [-0.25, -0.2) is 18.7 Å². The summed E-state index contributed by atoms with van der Waals surface area (Å²) in [4.78, 5) is 24.4. The van der Waals surface area contributed by atoms with Gasteiger partial charge in [-0.05, 0) is 47.6 Å². The monoisotopic (exact) mass is 406 g/mol.